The molecule has 0 saturated heterocycles. The second kappa shape index (κ2) is 5.73. The normalized spacial score (nSPS) is 21.4. The van der Waals surface area contributed by atoms with Crippen LogP contribution < -0.4 is 4.74 Å². The molecule has 0 radical (unpaired) electrons. The number of ether oxygens (including phenoxy) is 2. The highest BCUT2D eigenvalue weighted by atomic mass is 19.4. The van der Waals surface area contributed by atoms with Gasteiger partial charge in [-0.05, 0) is 30.4 Å². The Kier molecular flexibility index (Phi) is 4.20. The molecule has 20 heavy (non-hydrogen) atoms. The summed E-state index contributed by atoms with van der Waals surface area (Å²) >= 11 is 0. The molecule has 110 valence electrons. The molecule has 1 aromatic carbocycles. The third kappa shape index (κ3) is 3.88. The minimum Gasteiger partial charge on any atom is -0.481 e. The summed E-state index contributed by atoms with van der Waals surface area (Å²) in [7, 11) is 0. The average Bonchev–Trinajstić information content (AvgIpc) is 3.09. The number of halogens is 3. The lowest BCUT2D eigenvalue weighted by Crippen LogP contribution is -2.18. The van der Waals surface area contributed by atoms with Crippen LogP contribution in [0.4, 0.5) is 13.2 Å². The van der Waals surface area contributed by atoms with Crippen LogP contribution in [0.1, 0.15) is 18.9 Å². The second-order valence-corrected chi connectivity index (χ2v) is 4.94. The van der Waals surface area contributed by atoms with Gasteiger partial charge in [0.05, 0.1) is 12.2 Å². The molecular weight excluding hydrogens is 273 g/mol. The highest BCUT2D eigenvalue weighted by Crippen LogP contribution is 2.38. The summed E-state index contributed by atoms with van der Waals surface area (Å²) in [5.41, 5.74) is -0.899. The fraction of sp³-hybridized carbons (Fsp3) is 0.500. The van der Waals surface area contributed by atoms with E-state index in [-0.39, 0.29) is 5.75 Å². The molecule has 0 amide bonds. The summed E-state index contributed by atoms with van der Waals surface area (Å²) in [6.45, 7) is 1.84. The third-order valence-electron chi connectivity index (χ3n) is 3.27. The van der Waals surface area contributed by atoms with Crippen molar-refractivity contribution in [2.45, 2.75) is 19.5 Å². The van der Waals surface area contributed by atoms with Crippen LogP contribution >= 0.6 is 0 Å². The van der Waals surface area contributed by atoms with Crippen molar-refractivity contribution in [2.24, 2.45) is 11.8 Å². The number of carbonyl (C=O) groups excluding carboxylic acids is 1. The molecule has 6 heteroatoms. The first-order chi connectivity index (χ1) is 9.38. The maximum absolute atomic E-state index is 12.7. The van der Waals surface area contributed by atoms with E-state index in [9.17, 15) is 18.0 Å². The van der Waals surface area contributed by atoms with Crippen molar-refractivity contribution < 1.29 is 27.4 Å². The Morgan fingerprint density at radius 3 is 2.60 bits per heavy atom. The van der Waals surface area contributed by atoms with Crippen LogP contribution in [0.3, 0.4) is 0 Å². The van der Waals surface area contributed by atoms with Gasteiger partial charge in [0.25, 0.3) is 0 Å². The van der Waals surface area contributed by atoms with Gasteiger partial charge in [-0.15, -0.1) is 0 Å². The molecular formula is C14H15F3O3. The number of rotatable bonds is 5. The first-order valence-corrected chi connectivity index (χ1v) is 6.32. The van der Waals surface area contributed by atoms with E-state index in [1.807, 2.05) is 0 Å². The van der Waals surface area contributed by atoms with Crippen LogP contribution in [0.2, 0.25) is 0 Å². The van der Waals surface area contributed by atoms with Gasteiger partial charge in [0, 0.05) is 0 Å². The predicted octanol–water partition coefficient (Wildman–Crippen LogP) is 3.28. The van der Waals surface area contributed by atoms with Crippen molar-refractivity contribution in [1.29, 1.82) is 0 Å². The summed E-state index contributed by atoms with van der Waals surface area (Å²) in [6.07, 6.45) is -3.49. The zero-order valence-corrected chi connectivity index (χ0v) is 10.9. The Morgan fingerprint density at radius 2 is 2.00 bits per heavy atom. The van der Waals surface area contributed by atoms with Crippen molar-refractivity contribution in [1.82, 2.24) is 0 Å². The van der Waals surface area contributed by atoms with Crippen molar-refractivity contribution >= 4 is 5.97 Å². The monoisotopic (exact) mass is 288 g/mol. The van der Waals surface area contributed by atoms with Crippen LogP contribution in [-0.4, -0.2) is 19.2 Å². The smallest absolute Gasteiger partial charge is 0.419 e. The van der Waals surface area contributed by atoms with Crippen molar-refractivity contribution in [2.75, 3.05) is 13.2 Å². The summed E-state index contributed by atoms with van der Waals surface area (Å²) in [5.74, 6) is -0.0890. The van der Waals surface area contributed by atoms with Gasteiger partial charge in [-0.25, -0.2) is 4.79 Å². The predicted molar refractivity (Wildman–Crippen MR) is 65.2 cm³/mol. The van der Waals surface area contributed by atoms with Gasteiger partial charge < -0.3 is 9.47 Å². The highest BCUT2D eigenvalue weighted by Gasteiger charge is 2.35. The van der Waals surface area contributed by atoms with E-state index >= 15 is 0 Å². The standard InChI is InChI=1S/C14H15F3O3/c1-9-6-10(9)7-20-13(18)8-19-12-5-3-2-4-11(12)14(15,16)17/h2-5,9-10H,6-8H2,1H3. The molecule has 1 saturated carbocycles. The largest absolute Gasteiger partial charge is 0.481 e. The zero-order chi connectivity index (χ0) is 14.8. The topological polar surface area (TPSA) is 35.5 Å². The quantitative estimate of drug-likeness (QED) is 0.780. The molecule has 0 N–H and O–H groups in total. The Labute approximate surface area is 114 Å². The van der Waals surface area contributed by atoms with Crippen LogP contribution in [0.5, 0.6) is 5.75 Å². The molecule has 2 atom stereocenters. The van der Waals surface area contributed by atoms with Gasteiger partial charge in [-0.1, -0.05) is 19.1 Å². The summed E-state index contributed by atoms with van der Waals surface area (Å²) < 4.78 is 47.9. The SMILES string of the molecule is CC1CC1COC(=O)COc1ccccc1C(F)(F)F. The summed E-state index contributed by atoms with van der Waals surface area (Å²) in [5, 5.41) is 0. The van der Waals surface area contributed by atoms with E-state index in [4.69, 9.17) is 9.47 Å². The maximum atomic E-state index is 12.7. The molecule has 0 aromatic heterocycles. The first-order valence-electron chi connectivity index (χ1n) is 6.32. The second-order valence-electron chi connectivity index (χ2n) is 4.94. The summed E-state index contributed by atoms with van der Waals surface area (Å²) in [6, 6.07) is 4.77. The molecule has 1 aromatic rings. The van der Waals surface area contributed by atoms with E-state index in [2.05, 4.69) is 6.92 Å². The van der Waals surface area contributed by atoms with Crippen molar-refractivity contribution in [3.63, 3.8) is 0 Å². The summed E-state index contributed by atoms with van der Waals surface area (Å²) in [4.78, 5) is 11.4. The number of carbonyl (C=O) groups is 1. The molecule has 0 bridgehead atoms. The van der Waals surface area contributed by atoms with E-state index in [0.717, 1.165) is 12.5 Å². The Balaban J connectivity index is 1.85. The van der Waals surface area contributed by atoms with Gasteiger partial charge in [0.2, 0.25) is 0 Å². The molecule has 0 heterocycles. The Hall–Kier alpha value is -1.72. The molecule has 1 aliphatic rings. The van der Waals surface area contributed by atoms with Crippen LogP contribution in [0.15, 0.2) is 24.3 Å². The molecule has 2 rings (SSSR count). The van der Waals surface area contributed by atoms with E-state index < -0.39 is 24.3 Å². The number of esters is 1. The van der Waals surface area contributed by atoms with Crippen molar-refractivity contribution in [3.05, 3.63) is 29.8 Å². The van der Waals surface area contributed by atoms with Gasteiger partial charge in [0.15, 0.2) is 6.61 Å². The average molecular weight is 288 g/mol. The van der Waals surface area contributed by atoms with Crippen molar-refractivity contribution in [3.8, 4) is 5.75 Å². The number of alkyl halides is 3. The fourth-order valence-electron chi connectivity index (χ4n) is 1.84. The lowest BCUT2D eigenvalue weighted by atomic mass is 10.2. The molecule has 3 nitrogen and oxygen atoms in total. The molecule has 0 aliphatic heterocycles. The Bertz CT molecular complexity index is 485. The van der Waals surface area contributed by atoms with Gasteiger partial charge in [0.1, 0.15) is 5.75 Å². The third-order valence-corrected chi connectivity index (χ3v) is 3.27. The first kappa shape index (κ1) is 14.7. The van der Waals surface area contributed by atoms with Gasteiger partial charge in [-0.3, -0.25) is 0 Å². The minimum absolute atomic E-state index is 0.310. The number of hydrogen-bond donors (Lipinski definition) is 0. The minimum atomic E-state index is -4.51. The van der Waals surface area contributed by atoms with E-state index in [1.54, 1.807) is 0 Å². The Morgan fingerprint density at radius 1 is 1.35 bits per heavy atom. The zero-order valence-electron chi connectivity index (χ0n) is 10.9. The van der Waals surface area contributed by atoms with E-state index in [0.29, 0.717) is 18.4 Å². The molecule has 1 fully saturated rings. The molecule has 0 spiro atoms. The van der Waals surface area contributed by atoms with Crippen LogP contribution in [0.25, 0.3) is 0 Å². The van der Waals surface area contributed by atoms with Gasteiger partial charge in [-0.2, -0.15) is 13.2 Å². The fourth-order valence-corrected chi connectivity index (χ4v) is 1.84. The van der Waals surface area contributed by atoms with Crippen LogP contribution in [-0.2, 0) is 15.7 Å². The van der Waals surface area contributed by atoms with Crippen LogP contribution in [0, 0.1) is 11.8 Å². The number of benzene rings is 1. The highest BCUT2D eigenvalue weighted by molar-refractivity contribution is 5.71. The van der Waals surface area contributed by atoms with Gasteiger partial charge >= 0.3 is 12.1 Å². The number of hydrogen-bond acceptors (Lipinski definition) is 3. The maximum Gasteiger partial charge on any atom is 0.419 e. The number of para-hydroxylation sites is 1. The lowest BCUT2D eigenvalue weighted by molar-refractivity contribution is -0.148. The lowest BCUT2D eigenvalue weighted by Gasteiger charge is -2.13. The molecule has 2 unspecified atom stereocenters. The van der Waals surface area contributed by atoms with E-state index in [1.165, 1.54) is 18.2 Å². The molecule has 1 aliphatic carbocycles.